The largest absolute Gasteiger partial charge is 0.495 e. The number of methoxy groups -OCH3 is 1. The molecule has 0 amide bonds. The topological polar surface area (TPSA) is 70.4 Å². The summed E-state index contributed by atoms with van der Waals surface area (Å²) in [6.45, 7) is 4.08. The Morgan fingerprint density at radius 3 is 2.63 bits per heavy atom. The average Bonchev–Trinajstić information content (AvgIpc) is 2.39. The lowest BCUT2D eigenvalue weighted by Crippen LogP contribution is -2.32. The number of hydrogen-bond acceptors (Lipinski definition) is 4. The van der Waals surface area contributed by atoms with Gasteiger partial charge in [-0.15, -0.1) is 0 Å². The van der Waals surface area contributed by atoms with Crippen LogP contribution in [0.25, 0.3) is 0 Å². The highest BCUT2D eigenvalue weighted by Gasteiger charge is 2.26. The van der Waals surface area contributed by atoms with E-state index in [1.54, 1.807) is 25.1 Å². The van der Waals surface area contributed by atoms with Gasteiger partial charge in [-0.1, -0.05) is 13.0 Å². The minimum absolute atomic E-state index is 0.148. The van der Waals surface area contributed by atoms with E-state index in [0.29, 0.717) is 12.3 Å². The molecule has 1 aromatic carbocycles. The SMILES string of the molecule is CCN(CCC#N)S(=O)(=O)c1cc(C)ccc1OC. The second kappa shape index (κ2) is 6.55. The van der Waals surface area contributed by atoms with Crippen molar-refractivity contribution >= 4 is 10.0 Å². The van der Waals surface area contributed by atoms with Crippen LogP contribution in [0.2, 0.25) is 0 Å². The Balaban J connectivity index is 3.25. The Labute approximate surface area is 114 Å². The number of aryl methyl sites for hydroxylation is 1. The van der Waals surface area contributed by atoms with E-state index in [4.69, 9.17) is 10.00 Å². The van der Waals surface area contributed by atoms with Crippen LogP contribution in [0.4, 0.5) is 0 Å². The van der Waals surface area contributed by atoms with Gasteiger partial charge in [0.05, 0.1) is 13.2 Å². The molecule has 0 atom stereocenters. The van der Waals surface area contributed by atoms with E-state index in [2.05, 4.69) is 0 Å². The summed E-state index contributed by atoms with van der Waals surface area (Å²) in [6.07, 6.45) is 0.168. The highest BCUT2D eigenvalue weighted by atomic mass is 32.2. The van der Waals surface area contributed by atoms with Crippen LogP contribution >= 0.6 is 0 Å². The van der Waals surface area contributed by atoms with Crippen molar-refractivity contribution in [2.75, 3.05) is 20.2 Å². The molecule has 104 valence electrons. The van der Waals surface area contributed by atoms with Crippen LogP contribution < -0.4 is 4.74 Å². The van der Waals surface area contributed by atoms with Gasteiger partial charge in [0, 0.05) is 19.5 Å². The first kappa shape index (κ1) is 15.5. The average molecular weight is 282 g/mol. The summed E-state index contributed by atoms with van der Waals surface area (Å²) in [6, 6.07) is 6.98. The number of rotatable bonds is 6. The fourth-order valence-corrected chi connectivity index (χ4v) is 3.44. The van der Waals surface area contributed by atoms with Gasteiger partial charge in [0.15, 0.2) is 0 Å². The lowest BCUT2D eigenvalue weighted by Gasteiger charge is -2.20. The van der Waals surface area contributed by atoms with Gasteiger partial charge in [0.1, 0.15) is 10.6 Å². The maximum absolute atomic E-state index is 12.5. The maximum atomic E-state index is 12.5. The molecule has 19 heavy (non-hydrogen) atoms. The third-order valence-corrected chi connectivity index (χ3v) is 4.76. The Bertz CT molecular complexity index is 576. The fourth-order valence-electron chi connectivity index (χ4n) is 1.75. The van der Waals surface area contributed by atoms with E-state index >= 15 is 0 Å². The van der Waals surface area contributed by atoms with Crippen molar-refractivity contribution in [2.24, 2.45) is 0 Å². The number of nitrogens with zero attached hydrogens (tertiary/aromatic N) is 2. The zero-order valence-electron chi connectivity index (χ0n) is 11.4. The minimum Gasteiger partial charge on any atom is -0.495 e. The third-order valence-electron chi connectivity index (χ3n) is 2.76. The highest BCUT2D eigenvalue weighted by molar-refractivity contribution is 7.89. The first-order chi connectivity index (χ1) is 8.97. The summed E-state index contributed by atoms with van der Waals surface area (Å²) in [7, 11) is -2.19. The molecule has 0 aromatic heterocycles. The molecule has 0 aliphatic rings. The number of benzene rings is 1. The van der Waals surface area contributed by atoms with Gasteiger partial charge in [-0.05, 0) is 24.6 Å². The number of sulfonamides is 1. The van der Waals surface area contributed by atoms with Crippen LogP contribution in [0.1, 0.15) is 18.9 Å². The van der Waals surface area contributed by atoms with Crippen molar-refractivity contribution in [2.45, 2.75) is 25.2 Å². The normalized spacial score (nSPS) is 11.3. The minimum atomic E-state index is -3.63. The molecule has 0 fully saturated rings. The van der Waals surface area contributed by atoms with Gasteiger partial charge in [-0.3, -0.25) is 0 Å². The fraction of sp³-hybridized carbons (Fsp3) is 0.462. The summed E-state index contributed by atoms with van der Waals surface area (Å²) in [5.74, 6) is 0.320. The molecule has 5 nitrogen and oxygen atoms in total. The molecule has 0 saturated heterocycles. The van der Waals surface area contributed by atoms with Crippen LogP contribution in [-0.2, 0) is 10.0 Å². The molecule has 1 aromatic rings. The third kappa shape index (κ3) is 3.46. The Morgan fingerprint density at radius 2 is 2.11 bits per heavy atom. The first-order valence-corrected chi connectivity index (χ1v) is 7.43. The lowest BCUT2D eigenvalue weighted by molar-refractivity contribution is 0.394. The number of nitriles is 1. The molecule has 0 unspecified atom stereocenters. The summed E-state index contributed by atoms with van der Waals surface area (Å²) in [4.78, 5) is 0.148. The molecule has 0 radical (unpaired) electrons. The summed E-state index contributed by atoms with van der Waals surface area (Å²) < 4.78 is 31.5. The molecule has 6 heteroatoms. The molecular weight excluding hydrogens is 264 g/mol. The van der Waals surface area contributed by atoms with Crippen molar-refractivity contribution < 1.29 is 13.2 Å². The smallest absolute Gasteiger partial charge is 0.246 e. The maximum Gasteiger partial charge on any atom is 0.246 e. The molecule has 0 bridgehead atoms. The number of ether oxygens (including phenoxy) is 1. The van der Waals surface area contributed by atoms with E-state index in [1.165, 1.54) is 11.4 Å². The number of hydrogen-bond donors (Lipinski definition) is 0. The summed E-state index contributed by atoms with van der Waals surface area (Å²) in [5, 5.41) is 8.60. The quantitative estimate of drug-likeness (QED) is 0.799. The molecule has 0 spiro atoms. The van der Waals surface area contributed by atoms with Crippen molar-refractivity contribution in [1.82, 2.24) is 4.31 Å². The van der Waals surface area contributed by atoms with Crippen molar-refractivity contribution in [1.29, 1.82) is 5.26 Å². The van der Waals surface area contributed by atoms with Gasteiger partial charge < -0.3 is 4.74 Å². The van der Waals surface area contributed by atoms with Gasteiger partial charge in [0.25, 0.3) is 0 Å². The van der Waals surface area contributed by atoms with Crippen molar-refractivity contribution in [3.8, 4) is 11.8 Å². The van der Waals surface area contributed by atoms with E-state index in [9.17, 15) is 8.42 Å². The second-order valence-electron chi connectivity index (χ2n) is 4.06. The Hall–Kier alpha value is -1.58. The van der Waals surface area contributed by atoms with Crippen LogP contribution in [0.15, 0.2) is 23.1 Å². The van der Waals surface area contributed by atoms with E-state index in [0.717, 1.165) is 5.56 Å². The van der Waals surface area contributed by atoms with Crippen molar-refractivity contribution in [3.05, 3.63) is 23.8 Å². The van der Waals surface area contributed by atoms with Crippen molar-refractivity contribution in [3.63, 3.8) is 0 Å². The van der Waals surface area contributed by atoms with Crippen LogP contribution in [0.5, 0.6) is 5.75 Å². The van der Waals surface area contributed by atoms with Gasteiger partial charge in [-0.2, -0.15) is 9.57 Å². The summed E-state index contributed by atoms with van der Waals surface area (Å²) >= 11 is 0. The van der Waals surface area contributed by atoms with Crippen LogP contribution in [0.3, 0.4) is 0 Å². The monoisotopic (exact) mass is 282 g/mol. The predicted molar refractivity (Wildman–Crippen MR) is 72.4 cm³/mol. The van der Waals surface area contributed by atoms with E-state index in [-0.39, 0.29) is 17.9 Å². The van der Waals surface area contributed by atoms with Crippen LogP contribution in [-0.4, -0.2) is 32.9 Å². The van der Waals surface area contributed by atoms with Gasteiger partial charge in [-0.25, -0.2) is 8.42 Å². The standard InChI is InChI=1S/C13H18N2O3S/c1-4-15(9-5-8-14)19(16,17)13-10-11(2)6-7-12(13)18-3/h6-7,10H,4-5,9H2,1-3H3. The Morgan fingerprint density at radius 1 is 1.42 bits per heavy atom. The Kier molecular flexibility index (Phi) is 5.33. The van der Waals surface area contributed by atoms with Crippen LogP contribution in [0, 0.1) is 18.3 Å². The zero-order valence-corrected chi connectivity index (χ0v) is 12.2. The second-order valence-corrected chi connectivity index (χ2v) is 5.97. The van der Waals surface area contributed by atoms with E-state index < -0.39 is 10.0 Å². The van der Waals surface area contributed by atoms with E-state index in [1.807, 2.05) is 13.0 Å². The first-order valence-electron chi connectivity index (χ1n) is 5.99. The summed E-state index contributed by atoms with van der Waals surface area (Å²) in [5.41, 5.74) is 0.843. The van der Waals surface area contributed by atoms with Gasteiger partial charge >= 0.3 is 0 Å². The molecule has 0 aliphatic carbocycles. The molecule has 0 saturated carbocycles. The molecule has 0 heterocycles. The predicted octanol–water partition coefficient (Wildman–Crippen LogP) is 1.93. The van der Waals surface area contributed by atoms with Gasteiger partial charge in [0.2, 0.25) is 10.0 Å². The molecule has 0 aliphatic heterocycles. The highest BCUT2D eigenvalue weighted by Crippen LogP contribution is 2.27. The lowest BCUT2D eigenvalue weighted by atomic mass is 10.2. The zero-order chi connectivity index (χ0) is 14.5. The molecular formula is C13H18N2O3S. The molecule has 0 N–H and O–H groups in total. The molecule has 1 rings (SSSR count).